The molecule has 0 spiro atoms. The van der Waals surface area contributed by atoms with E-state index in [2.05, 4.69) is 28.9 Å². The number of amides is 1. The third kappa shape index (κ3) is 5.39. The van der Waals surface area contributed by atoms with Crippen LogP contribution in [0, 0.1) is 6.92 Å². The van der Waals surface area contributed by atoms with Gasteiger partial charge in [0.2, 0.25) is 0 Å². The molecule has 1 heterocycles. The van der Waals surface area contributed by atoms with E-state index >= 15 is 0 Å². The fraction of sp³-hybridized carbons (Fsp3) is 0.286. The van der Waals surface area contributed by atoms with Crippen molar-refractivity contribution in [1.82, 2.24) is 14.9 Å². The number of benzene rings is 3. The summed E-state index contributed by atoms with van der Waals surface area (Å²) < 4.78 is 13.3. The molecule has 4 rings (SSSR count). The number of unbranched alkanes of at least 4 members (excludes halogenated alkanes) is 1. The van der Waals surface area contributed by atoms with Crippen molar-refractivity contribution in [2.24, 2.45) is 0 Å². The third-order valence-electron chi connectivity index (χ3n) is 5.90. The maximum Gasteiger partial charge on any atom is 0.251 e. The van der Waals surface area contributed by atoms with Crippen molar-refractivity contribution >= 4 is 16.9 Å². The second-order valence-corrected chi connectivity index (χ2v) is 8.36. The highest BCUT2D eigenvalue weighted by molar-refractivity contribution is 5.94. The molecule has 1 atom stereocenters. The van der Waals surface area contributed by atoms with Crippen molar-refractivity contribution in [3.63, 3.8) is 0 Å². The molecule has 176 valence electrons. The Labute approximate surface area is 200 Å². The number of aromatic nitrogens is 2. The molecule has 6 nitrogen and oxygen atoms in total. The van der Waals surface area contributed by atoms with Crippen LogP contribution in [-0.4, -0.2) is 29.2 Å². The van der Waals surface area contributed by atoms with E-state index in [4.69, 9.17) is 14.5 Å². The fourth-order valence-corrected chi connectivity index (χ4v) is 4.02. The lowest BCUT2D eigenvalue weighted by Gasteiger charge is -2.17. The van der Waals surface area contributed by atoms with E-state index in [1.807, 2.05) is 43.3 Å². The molecule has 0 aliphatic rings. The van der Waals surface area contributed by atoms with Crippen molar-refractivity contribution in [2.45, 2.75) is 39.3 Å². The average molecular weight is 458 g/mol. The van der Waals surface area contributed by atoms with Gasteiger partial charge in [0, 0.05) is 12.1 Å². The smallest absolute Gasteiger partial charge is 0.251 e. The number of imidazole rings is 1. The van der Waals surface area contributed by atoms with Crippen molar-refractivity contribution in [3.8, 4) is 11.5 Å². The summed E-state index contributed by atoms with van der Waals surface area (Å²) in [6.45, 7) is 5.49. The summed E-state index contributed by atoms with van der Waals surface area (Å²) >= 11 is 0. The number of hydrogen-bond donors (Lipinski definition) is 1. The summed E-state index contributed by atoms with van der Waals surface area (Å²) in [6.07, 6.45) is 1.87. The number of para-hydroxylation sites is 3. The zero-order chi connectivity index (χ0) is 23.9. The Hall–Kier alpha value is -3.80. The zero-order valence-electron chi connectivity index (χ0n) is 20.0. The molecular formula is C28H31N3O3. The van der Waals surface area contributed by atoms with Crippen LogP contribution in [0.1, 0.15) is 47.6 Å². The van der Waals surface area contributed by atoms with Crippen molar-refractivity contribution in [2.75, 3.05) is 13.7 Å². The minimum Gasteiger partial charge on any atom is -0.497 e. The SMILES string of the molecule is COc1ccc(C(=O)NC(C)c2nc3ccccc3n2CCCCOc2ccccc2C)cc1. The van der Waals surface area contributed by atoms with Gasteiger partial charge < -0.3 is 19.4 Å². The zero-order valence-corrected chi connectivity index (χ0v) is 20.0. The van der Waals surface area contributed by atoms with Gasteiger partial charge in [0.1, 0.15) is 17.3 Å². The van der Waals surface area contributed by atoms with Crippen LogP contribution in [0.4, 0.5) is 0 Å². The molecule has 0 fully saturated rings. The first-order valence-corrected chi connectivity index (χ1v) is 11.7. The molecule has 0 saturated heterocycles. The number of methoxy groups -OCH3 is 1. The largest absolute Gasteiger partial charge is 0.497 e. The third-order valence-corrected chi connectivity index (χ3v) is 5.90. The van der Waals surface area contributed by atoms with Gasteiger partial charge in [-0.2, -0.15) is 0 Å². The van der Waals surface area contributed by atoms with Crippen LogP contribution in [0.15, 0.2) is 72.8 Å². The van der Waals surface area contributed by atoms with E-state index in [-0.39, 0.29) is 11.9 Å². The van der Waals surface area contributed by atoms with E-state index in [1.54, 1.807) is 31.4 Å². The number of nitrogens with zero attached hydrogens (tertiary/aromatic N) is 2. The number of ether oxygens (including phenoxy) is 2. The number of carbonyl (C=O) groups is 1. The second kappa shape index (κ2) is 10.9. The standard InChI is InChI=1S/C28H31N3O3/c1-20-10-4-7-13-26(20)34-19-9-8-18-31-25-12-6-5-11-24(25)30-27(31)21(2)29-28(32)22-14-16-23(33-3)17-15-22/h4-7,10-17,21H,8-9,18-19H2,1-3H3,(H,29,32). The van der Waals surface area contributed by atoms with E-state index in [1.165, 1.54) is 0 Å². The predicted octanol–water partition coefficient (Wildman–Crippen LogP) is 5.70. The molecule has 6 heteroatoms. The van der Waals surface area contributed by atoms with Gasteiger partial charge in [0.15, 0.2) is 0 Å². The van der Waals surface area contributed by atoms with Crippen LogP contribution in [0.5, 0.6) is 11.5 Å². The lowest BCUT2D eigenvalue weighted by Crippen LogP contribution is -2.28. The Morgan fingerprint density at radius 3 is 2.50 bits per heavy atom. The molecule has 1 unspecified atom stereocenters. The number of hydrogen-bond acceptors (Lipinski definition) is 4. The van der Waals surface area contributed by atoms with Crippen LogP contribution >= 0.6 is 0 Å². The van der Waals surface area contributed by atoms with Gasteiger partial charge in [0.05, 0.1) is 30.8 Å². The van der Waals surface area contributed by atoms with Crippen LogP contribution in [0.3, 0.4) is 0 Å². The molecule has 1 N–H and O–H groups in total. The summed E-state index contributed by atoms with van der Waals surface area (Å²) in [5.41, 5.74) is 3.73. The van der Waals surface area contributed by atoms with Crippen LogP contribution < -0.4 is 14.8 Å². The Kier molecular flexibility index (Phi) is 7.48. The highest BCUT2D eigenvalue weighted by atomic mass is 16.5. The molecule has 1 aromatic heterocycles. The van der Waals surface area contributed by atoms with E-state index in [0.717, 1.165) is 53.3 Å². The molecule has 0 saturated carbocycles. The van der Waals surface area contributed by atoms with E-state index < -0.39 is 0 Å². The summed E-state index contributed by atoms with van der Waals surface area (Å²) in [7, 11) is 1.61. The minimum atomic E-state index is -0.245. The van der Waals surface area contributed by atoms with Gasteiger partial charge in [-0.05, 0) is 74.7 Å². The molecule has 34 heavy (non-hydrogen) atoms. The number of aryl methyl sites for hydroxylation is 2. The highest BCUT2D eigenvalue weighted by Gasteiger charge is 2.19. The first-order valence-electron chi connectivity index (χ1n) is 11.7. The first kappa shape index (κ1) is 23.4. The normalized spacial score (nSPS) is 11.9. The van der Waals surface area contributed by atoms with Crippen LogP contribution in [0.25, 0.3) is 11.0 Å². The summed E-state index contributed by atoms with van der Waals surface area (Å²) in [5.74, 6) is 2.37. The fourth-order valence-electron chi connectivity index (χ4n) is 4.02. The number of fused-ring (bicyclic) bond motifs is 1. The highest BCUT2D eigenvalue weighted by Crippen LogP contribution is 2.23. The van der Waals surface area contributed by atoms with Gasteiger partial charge in [-0.3, -0.25) is 4.79 Å². The van der Waals surface area contributed by atoms with Gasteiger partial charge in [0.25, 0.3) is 5.91 Å². The van der Waals surface area contributed by atoms with Gasteiger partial charge in [-0.1, -0.05) is 30.3 Å². The molecule has 0 bridgehead atoms. The van der Waals surface area contributed by atoms with Crippen molar-refractivity contribution in [1.29, 1.82) is 0 Å². The average Bonchev–Trinajstić information content (AvgIpc) is 3.23. The van der Waals surface area contributed by atoms with Gasteiger partial charge in [-0.15, -0.1) is 0 Å². The minimum absolute atomic E-state index is 0.139. The Morgan fingerprint density at radius 2 is 1.74 bits per heavy atom. The van der Waals surface area contributed by atoms with Gasteiger partial charge >= 0.3 is 0 Å². The quantitative estimate of drug-likeness (QED) is 0.310. The Balaban J connectivity index is 1.42. The molecule has 0 aliphatic heterocycles. The molecule has 0 radical (unpaired) electrons. The van der Waals surface area contributed by atoms with E-state index in [0.29, 0.717) is 12.2 Å². The van der Waals surface area contributed by atoms with Crippen LogP contribution in [0.2, 0.25) is 0 Å². The molecular weight excluding hydrogens is 426 g/mol. The number of carbonyl (C=O) groups excluding carboxylic acids is 1. The number of rotatable bonds is 10. The Bertz CT molecular complexity index is 1250. The first-order chi connectivity index (χ1) is 16.6. The lowest BCUT2D eigenvalue weighted by atomic mass is 10.2. The monoisotopic (exact) mass is 457 g/mol. The van der Waals surface area contributed by atoms with Crippen molar-refractivity contribution < 1.29 is 14.3 Å². The maximum atomic E-state index is 12.8. The number of nitrogens with one attached hydrogen (secondary N) is 1. The molecule has 0 aliphatic carbocycles. The lowest BCUT2D eigenvalue weighted by molar-refractivity contribution is 0.0937. The van der Waals surface area contributed by atoms with Gasteiger partial charge in [-0.25, -0.2) is 4.98 Å². The predicted molar refractivity (Wildman–Crippen MR) is 135 cm³/mol. The summed E-state index contributed by atoms with van der Waals surface area (Å²) in [4.78, 5) is 17.7. The second-order valence-electron chi connectivity index (χ2n) is 8.36. The summed E-state index contributed by atoms with van der Waals surface area (Å²) in [6, 6.07) is 23.0. The van der Waals surface area contributed by atoms with Crippen molar-refractivity contribution in [3.05, 3.63) is 89.7 Å². The maximum absolute atomic E-state index is 12.8. The van der Waals surface area contributed by atoms with E-state index in [9.17, 15) is 4.79 Å². The topological polar surface area (TPSA) is 65.4 Å². The van der Waals surface area contributed by atoms with Crippen LogP contribution in [-0.2, 0) is 6.54 Å². The molecule has 4 aromatic rings. The molecule has 1 amide bonds. The summed E-state index contributed by atoms with van der Waals surface area (Å²) in [5, 5.41) is 3.09. The Morgan fingerprint density at radius 1 is 1.00 bits per heavy atom. The molecule has 3 aromatic carbocycles.